The van der Waals surface area contributed by atoms with Crippen LogP contribution >= 0.6 is 0 Å². The molecule has 0 saturated carbocycles. The number of amides is 1. The molecule has 3 aromatic carbocycles. The van der Waals surface area contributed by atoms with Crippen molar-refractivity contribution in [1.82, 2.24) is 4.72 Å². The molecule has 7 heteroatoms. The minimum Gasteiger partial charge on any atom is -0.495 e. The van der Waals surface area contributed by atoms with Crippen LogP contribution in [0, 0.1) is 6.92 Å². The Morgan fingerprint density at radius 1 is 1.04 bits per heavy atom. The first-order chi connectivity index (χ1) is 13.3. The lowest BCUT2D eigenvalue weighted by Gasteiger charge is -2.17. The van der Waals surface area contributed by atoms with E-state index in [1.807, 2.05) is 36.4 Å². The molecular formula is C21H22N2O4S. The molecule has 1 atom stereocenters. The Bertz CT molecular complexity index is 1120. The summed E-state index contributed by atoms with van der Waals surface area (Å²) in [5, 5.41) is 4.67. The highest BCUT2D eigenvalue weighted by molar-refractivity contribution is 7.89. The van der Waals surface area contributed by atoms with Gasteiger partial charge in [-0.25, -0.2) is 8.42 Å². The molecule has 0 fully saturated rings. The van der Waals surface area contributed by atoms with E-state index in [-0.39, 0.29) is 10.6 Å². The third-order valence-corrected chi connectivity index (χ3v) is 5.94. The van der Waals surface area contributed by atoms with Crippen LogP contribution in [0.25, 0.3) is 10.8 Å². The number of aryl methyl sites for hydroxylation is 1. The van der Waals surface area contributed by atoms with Crippen LogP contribution in [0.15, 0.2) is 65.6 Å². The fourth-order valence-electron chi connectivity index (χ4n) is 2.92. The minimum atomic E-state index is -3.94. The first kappa shape index (κ1) is 19.9. The fraction of sp³-hybridized carbons (Fsp3) is 0.190. The predicted octanol–water partition coefficient (Wildman–Crippen LogP) is 3.46. The van der Waals surface area contributed by atoms with Gasteiger partial charge in [0.1, 0.15) is 10.6 Å². The average Bonchev–Trinajstić information content (AvgIpc) is 2.68. The normalized spacial score (nSPS) is 12.5. The maximum Gasteiger partial charge on any atom is 0.244 e. The van der Waals surface area contributed by atoms with Crippen LogP contribution in [0.2, 0.25) is 0 Å². The van der Waals surface area contributed by atoms with Crippen molar-refractivity contribution in [2.75, 3.05) is 12.4 Å². The summed E-state index contributed by atoms with van der Waals surface area (Å²) in [7, 11) is -2.54. The van der Waals surface area contributed by atoms with Crippen LogP contribution in [0.3, 0.4) is 0 Å². The second kappa shape index (κ2) is 8.00. The van der Waals surface area contributed by atoms with Crippen molar-refractivity contribution in [3.05, 3.63) is 66.2 Å². The number of rotatable bonds is 6. The zero-order chi connectivity index (χ0) is 20.3. The van der Waals surface area contributed by atoms with E-state index in [4.69, 9.17) is 4.74 Å². The Morgan fingerprint density at radius 2 is 1.75 bits per heavy atom. The van der Waals surface area contributed by atoms with Gasteiger partial charge in [-0.2, -0.15) is 4.72 Å². The zero-order valence-corrected chi connectivity index (χ0v) is 16.7. The fourth-order valence-corrected chi connectivity index (χ4v) is 4.38. The molecular weight excluding hydrogens is 376 g/mol. The summed E-state index contributed by atoms with van der Waals surface area (Å²) in [6, 6.07) is 17.1. The molecule has 0 unspecified atom stereocenters. The van der Waals surface area contributed by atoms with Gasteiger partial charge in [-0.05, 0) is 43.0 Å². The topological polar surface area (TPSA) is 84.5 Å². The van der Waals surface area contributed by atoms with Gasteiger partial charge in [0.15, 0.2) is 0 Å². The summed E-state index contributed by atoms with van der Waals surface area (Å²) in [5.41, 5.74) is 1.40. The molecule has 146 valence electrons. The van der Waals surface area contributed by atoms with Gasteiger partial charge in [0.2, 0.25) is 15.9 Å². The summed E-state index contributed by atoms with van der Waals surface area (Å²) in [6.07, 6.45) is 0. The van der Waals surface area contributed by atoms with Crippen molar-refractivity contribution in [3.63, 3.8) is 0 Å². The van der Waals surface area contributed by atoms with Crippen LogP contribution in [0.1, 0.15) is 12.5 Å². The summed E-state index contributed by atoms with van der Waals surface area (Å²) < 4.78 is 33.1. The molecule has 3 aromatic rings. The number of hydrogen-bond acceptors (Lipinski definition) is 4. The molecule has 0 saturated heterocycles. The van der Waals surface area contributed by atoms with Gasteiger partial charge in [0.05, 0.1) is 13.2 Å². The van der Waals surface area contributed by atoms with Gasteiger partial charge < -0.3 is 10.1 Å². The van der Waals surface area contributed by atoms with E-state index in [0.29, 0.717) is 5.69 Å². The van der Waals surface area contributed by atoms with E-state index in [1.165, 1.54) is 20.1 Å². The largest absolute Gasteiger partial charge is 0.495 e. The molecule has 0 spiro atoms. The van der Waals surface area contributed by atoms with Crippen LogP contribution < -0.4 is 14.8 Å². The molecule has 0 aliphatic rings. The van der Waals surface area contributed by atoms with Crippen LogP contribution in [-0.2, 0) is 14.8 Å². The van der Waals surface area contributed by atoms with Crippen molar-refractivity contribution < 1.29 is 17.9 Å². The van der Waals surface area contributed by atoms with Crippen LogP contribution in [-0.4, -0.2) is 27.5 Å². The molecule has 0 radical (unpaired) electrons. The number of nitrogens with one attached hydrogen (secondary N) is 2. The van der Waals surface area contributed by atoms with Gasteiger partial charge in [0, 0.05) is 11.1 Å². The average molecular weight is 398 g/mol. The number of methoxy groups -OCH3 is 1. The Labute approximate surface area is 164 Å². The number of carbonyl (C=O) groups is 1. The van der Waals surface area contributed by atoms with Gasteiger partial charge >= 0.3 is 0 Å². The molecule has 0 heterocycles. The van der Waals surface area contributed by atoms with Crippen molar-refractivity contribution in [1.29, 1.82) is 0 Å². The zero-order valence-electron chi connectivity index (χ0n) is 15.9. The number of anilines is 1. The Morgan fingerprint density at radius 3 is 2.50 bits per heavy atom. The van der Waals surface area contributed by atoms with E-state index < -0.39 is 22.0 Å². The third kappa shape index (κ3) is 4.16. The molecule has 0 aliphatic heterocycles. The van der Waals surface area contributed by atoms with Crippen molar-refractivity contribution in [3.8, 4) is 5.75 Å². The van der Waals surface area contributed by atoms with Gasteiger partial charge in [0.25, 0.3) is 0 Å². The summed E-state index contributed by atoms with van der Waals surface area (Å²) in [4.78, 5) is 12.6. The lowest BCUT2D eigenvalue weighted by atomic mass is 10.1. The Kier molecular flexibility index (Phi) is 5.67. The minimum absolute atomic E-state index is 0.000175. The van der Waals surface area contributed by atoms with E-state index in [0.717, 1.165) is 16.3 Å². The number of benzene rings is 3. The van der Waals surface area contributed by atoms with Gasteiger partial charge in [-0.3, -0.25) is 4.79 Å². The monoisotopic (exact) mass is 398 g/mol. The molecule has 28 heavy (non-hydrogen) atoms. The highest BCUT2D eigenvalue weighted by Crippen LogP contribution is 2.25. The highest BCUT2D eigenvalue weighted by atomic mass is 32.2. The smallest absolute Gasteiger partial charge is 0.244 e. The molecule has 0 aliphatic carbocycles. The van der Waals surface area contributed by atoms with Crippen LogP contribution in [0.5, 0.6) is 5.75 Å². The first-order valence-corrected chi connectivity index (χ1v) is 10.3. The highest BCUT2D eigenvalue weighted by Gasteiger charge is 2.25. The number of carbonyl (C=O) groups excluding carboxylic acids is 1. The summed E-state index contributed by atoms with van der Waals surface area (Å²) in [5.74, 6) is -0.230. The SMILES string of the molecule is COc1ccc(C)cc1S(=O)(=O)N[C@@H](C)C(=O)Nc1cccc2ccccc12. The molecule has 0 aromatic heterocycles. The standard InChI is InChI=1S/C21H22N2O4S/c1-14-11-12-19(27-3)20(13-14)28(25,26)23-15(2)21(24)22-18-10-6-8-16-7-4-5-9-17(16)18/h4-13,15,23H,1-3H3,(H,22,24)/t15-/m0/s1. The molecule has 1 amide bonds. The summed E-state index contributed by atoms with van der Waals surface area (Å²) >= 11 is 0. The van der Waals surface area contributed by atoms with Gasteiger partial charge in [-0.1, -0.05) is 42.5 Å². The Hall–Kier alpha value is -2.90. The number of ether oxygens (including phenoxy) is 1. The molecule has 6 nitrogen and oxygen atoms in total. The molecule has 3 rings (SSSR count). The molecule has 0 bridgehead atoms. The maximum absolute atomic E-state index is 12.8. The van der Waals surface area contributed by atoms with E-state index in [2.05, 4.69) is 10.0 Å². The van der Waals surface area contributed by atoms with E-state index in [1.54, 1.807) is 25.1 Å². The first-order valence-electron chi connectivity index (χ1n) is 8.77. The van der Waals surface area contributed by atoms with Crippen molar-refractivity contribution in [2.45, 2.75) is 24.8 Å². The predicted molar refractivity (Wildman–Crippen MR) is 110 cm³/mol. The third-order valence-electron chi connectivity index (χ3n) is 4.38. The van der Waals surface area contributed by atoms with E-state index >= 15 is 0 Å². The maximum atomic E-state index is 12.8. The van der Waals surface area contributed by atoms with Crippen LogP contribution in [0.4, 0.5) is 5.69 Å². The lowest BCUT2D eigenvalue weighted by Crippen LogP contribution is -2.41. The summed E-state index contributed by atoms with van der Waals surface area (Å²) in [6.45, 7) is 3.29. The number of hydrogen-bond donors (Lipinski definition) is 2. The van der Waals surface area contributed by atoms with Crippen molar-refractivity contribution in [2.24, 2.45) is 0 Å². The van der Waals surface area contributed by atoms with Crippen molar-refractivity contribution >= 4 is 32.4 Å². The van der Waals surface area contributed by atoms with E-state index in [9.17, 15) is 13.2 Å². The number of fused-ring (bicyclic) bond motifs is 1. The number of sulfonamides is 1. The molecule has 2 N–H and O–H groups in total. The van der Waals surface area contributed by atoms with Gasteiger partial charge in [-0.15, -0.1) is 0 Å². The Balaban J connectivity index is 1.81. The lowest BCUT2D eigenvalue weighted by molar-refractivity contribution is -0.117. The quantitative estimate of drug-likeness (QED) is 0.666. The second-order valence-electron chi connectivity index (χ2n) is 6.51. The second-order valence-corrected chi connectivity index (χ2v) is 8.20.